The molecule has 0 saturated heterocycles. The van der Waals surface area contributed by atoms with Crippen molar-refractivity contribution in [2.24, 2.45) is 0 Å². The molecule has 0 aliphatic rings. The summed E-state index contributed by atoms with van der Waals surface area (Å²) in [5.41, 5.74) is -0.274. The smallest absolute Gasteiger partial charge is 0.256 e. The van der Waals surface area contributed by atoms with Crippen LogP contribution in [-0.2, 0) is 14.3 Å². The molecular weight excluding hydrogens is 260 g/mol. The van der Waals surface area contributed by atoms with Crippen molar-refractivity contribution < 1.29 is 19.0 Å². The van der Waals surface area contributed by atoms with E-state index in [1.54, 1.807) is 39.3 Å². The molecule has 1 heterocycles. The molecule has 0 aromatic carbocycles. The molecule has 1 aromatic heterocycles. The number of aromatic nitrogens is 1. The Morgan fingerprint density at radius 3 is 2.65 bits per heavy atom. The maximum Gasteiger partial charge on any atom is 0.256 e. The zero-order valence-corrected chi connectivity index (χ0v) is 12.4. The van der Waals surface area contributed by atoms with Crippen LogP contribution in [0.5, 0.6) is 5.88 Å². The molecule has 0 radical (unpaired) electrons. The zero-order valence-electron chi connectivity index (χ0n) is 12.4. The van der Waals surface area contributed by atoms with Crippen molar-refractivity contribution in [2.75, 3.05) is 32.2 Å². The third-order valence-corrected chi connectivity index (χ3v) is 2.58. The van der Waals surface area contributed by atoms with Gasteiger partial charge in [-0.3, -0.25) is 4.79 Å². The summed E-state index contributed by atoms with van der Waals surface area (Å²) in [6.45, 7) is 6.71. The van der Waals surface area contributed by atoms with E-state index >= 15 is 0 Å². The topological polar surface area (TPSA) is 69.7 Å². The first kappa shape index (κ1) is 16.4. The Morgan fingerprint density at radius 1 is 1.35 bits per heavy atom. The lowest BCUT2D eigenvalue weighted by molar-refractivity contribution is -0.136. The Morgan fingerprint density at radius 2 is 2.10 bits per heavy atom. The van der Waals surface area contributed by atoms with Crippen molar-refractivity contribution >= 4 is 11.6 Å². The fraction of sp³-hybridized carbons (Fsp3) is 0.571. The summed E-state index contributed by atoms with van der Waals surface area (Å²) < 4.78 is 15.6. The van der Waals surface area contributed by atoms with Gasteiger partial charge in [-0.25, -0.2) is 4.98 Å². The summed E-state index contributed by atoms with van der Waals surface area (Å²) in [7, 11) is 1.61. The fourth-order valence-corrected chi connectivity index (χ4v) is 1.48. The molecule has 1 rings (SSSR count). The van der Waals surface area contributed by atoms with Gasteiger partial charge < -0.3 is 19.5 Å². The highest BCUT2D eigenvalue weighted by molar-refractivity contribution is 5.96. The van der Waals surface area contributed by atoms with Crippen LogP contribution in [-0.4, -0.2) is 43.4 Å². The molecule has 6 heteroatoms. The van der Waals surface area contributed by atoms with E-state index in [-0.39, 0.29) is 5.91 Å². The zero-order chi connectivity index (χ0) is 15.0. The number of carbonyl (C=O) groups is 1. The molecule has 112 valence electrons. The highest BCUT2D eigenvalue weighted by Crippen LogP contribution is 2.16. The minimum absolute atomic E-state index is 0.214. The van der Waals surface area contributed by atoms with E-state index in [4.69, 9.17) is 14.2 Å². The number of methoxy groups -OCH3 is 1. The second-order valence-corrected chi connectivity index (χ2v) is 4.62. The molecule has 0 aliphatic heterocycles. The van der Waals surface area contributed by atoms with Crippen molar-refractivity contribution in [2.45, 2.75) is 26.4 Å². The van der Waals surface area contributed by atoms with E-state index < -0.39 is 5.60 Å². The first-order valence-electron chi connectivity index (χ1n) is 6.52. The maximum absolute atomic E-state index is 12.0. The number of hydrogen-bond acceptors (Lipinski definition) is 5. The number of anilines is 1. The molecule has 6 nitrogen and oxygen atoms in total. The third kappa shape index (κ3) is 5.14. The number of nitrogens with zero attached hydrogens (tertiary/aromatic N) is 1. The van der Waals surface area contributed by atoms with Gasteiger partial charge >= 0.3 is 0 Å². The number of carbonyl (C=O) groups excluding carboxylic acids is 1. The van der Waals surface area contributed by atoms with E-state index in [1.807, 2.05) is 6.92 Å². The van der Waals surface area contributed by atoms with Crippen LogP contribution in [0.3, 0.4) is 0 Å². The molecule has 20 heavy (non-hydrogen) atoms. The molecule has 1 amide bonds. The number of pyridine rings is 1. The minimum atomic E-state index is -0.873. The van der Waals surface area contributed by atoms with Crippen molar-refractivity contribution in [1.29, 1.82) is 0 Å². The van der Waals surface area contributed by atoms with Crippen LogP contribution in [0.15, 0.2) is 18.3 Å². The maximum atomic E-state index is 12.0. The summed E-state index contributed by atoms with van der Waals surface area (Å²) in [5.74, 6) is 0.276. The van der Waals surface area contributed by atoms with Crippen LogP contribution < -0.4 is 10.1 Å². The lowest BCUT2D eigenvalue weighted by Gasteiger charge is -2.23. The molecule has 0 unspecified atom stereocenters. The Balaban J connectivity index is 2.54. The highest BCUT2D eigenvalue weighted by atomic mass is 16.5. The average Bonchev–Trinajstić information content (AvgIpc) is 2.41. The quantitative estimate of drug-likeness (QED) is 0.737. The van der Waals surface area contributed by atoms with E-state index in [1.165, 1.54) is 0 Å². The monoisotopic (exact) mass is 282 g/mol. The normalized spacial score (nSPS) is 11.2. The predicted molar refractivity (Wildman–Crippen MR) is 75.9 cm³/mol. The Kier molecular flexibility index (Phi) is 6.41. The van der Waals surface area contributed by atoms with Crippen LogP contribution in [0.25, 0.3) is 0 Å². The van der Waals surface area contributed by atoms with E-state index in [0.29, 0.717) is 31.4 Å². The first-order valence-corrected chi connectivity index (χ1v) is 6.52. The molecule has 0 saturated carbocycles. The van der Waals surface area contributed by atoms with Crippen LogP contribution in [0.2, 0.25) is 0 Å². The number of nitrogens with one attached hydrogen (secondary N) is 1. The largest absolute Gasteiger partial charge is 0.475 e. The molecule has 0 atom stereocenters. The molecule has 1 N–H and O–H groups in total. The van der Waals surface area contributed by atoms with Gasteiger partial charge in [0.1, 0.15) is 12.2 Å². The van der Waals surface area contributed by atoms with Gasteiger partial charge in [0.25, 0.3) is 5.91 Å². The van der Waals surface area contributed by atoms with E-state index in [9.17, 15) is 4.79 Å². The molecule has 0 spiro atoms. The summed E-state index contributed by atoms with van der Waals surface area (Å²) in [4.78, 5) is 16.1. The summed E-state index contributed by atoms with van der Waals surface area (Å²) in [6, 6.07) is 3.42. The number of rotatable bonds is 8. The van der Waals surface area contributed by atoms with Gasteiger partial charge in [0.05, 0.1) is 18.5 Å². The van der Waals surface area contributed by atoms with Crippen LogP contribution >= 0.6 is 0 Å². The fourth-order valence-electron chi connectivity index (χ4n) is 1.48. The predicted octanol–water partition coefficient (Wildman–Crippen LogP) is 1.86. The Bertz CT molecular complexity index is 418. The Hall–Kier alpha value is -1.66. The Labute approximate surface area is 119 Å². The first-order chi connectivity index (χ1) is 9.49. The number of amides is 1. The second-order valence-electron chi connectivity index (χ2n) is 4.62. The van der Waals surface area contributed by atoms with Gasteiger partial charge in [-0.2, -0.15) is 0 Å². The van der Waals surface area contributed by atoms with Gasteiger partial charge in [-0.15, -0.1) is 0 Å². The molecule has 0 aliphatic carbocycles. The van der Waals surface area contributed by atoms with Crippen LogP contribution in [0, 0.1) is 0 Å². The van der Waals surface area contributed by atoms with Gasteiger partial charge in [-0.05, 0) is 26.8 Å². The molecular formula is C14H22N2O4. The minimum Gasteiger partial charge on any atom is -0.475 e. The van der Waals surface area contributed by atoms with Gasteiger partial charge in [0.15, 0.2) is 0 Å². The van der Waals surface area contributed by atoms with Gasteiger partial charge in [-0.1, -0.05) is 0 Å². The number of ether oxygens (including phenoxy) is 3. The number of hydrogen-bond donors (Lipinski definition) is 1. The summed E-state index contributed by atoms with van der Waals surface area (Å²) in [5, 5.41) is 2.75. The molecule has 0 bridgehead atoms. The lowest BCUT2D eigenvalue weighted by Crippen LogP contribution is -2.39. The lowest BCUT2D eigenvalue weighted by atomic mass is 10.1. The highest BCUT2D eigenvalue weighted by Gasteiger charge is 2.27. The van der Waals surface area contributed by atoms with Crippen LogP contribution in [0.4, 0.5) is 5.69 Å². The molecule has 1 aromatic rings. The van der Waals surface area contributed by atoms with Crippen molar-refractivity contribution in [3.05, 3.63) is 18.3 Å². The van der Waals surface area contributed by atoms with Gasteiger partial charge in [0.2, 0.25) is 5.88 Å². The third-order valence-electron chi connectivity index (χ3n) is 2.58. The van der Waals surface area contributed by atoms with Crippen molar-refractivity contribution in [3.8, 4) is 5.88 Å². The van der Waals surface area contributed by atoms with Crippen molar-refractivity contribution in [1.82, 2.24) is 4.98 Å². The van der Waals surface area contributed by atoms with Crippen molar-refractivity contribution in [3.63, 3.8) is 0 Å². The average molecular weight is 282 g/mol. The standard InChI is InChI=1S/C14H22N2O4/c1-5-20-14(2,3)13(17)16-11-6-7-12(15-10-11)19-9-8-18-4/h6-7,10H,5,8-9H2,1-4H3,(H,16,17). The summed E-state index contributed by atoms with van der Waals surface area (Å²) >= 11 is 0. The summed E-state index contributed by atoms with van der Waals surface area (Å²) in [6.07, 6.45) is 1.54. The molecule has 0 fully saturated rings. The van der Waals surface area contributed by atoms with E-state index in [2.05, 4.69) is 10.3 Å². The SMILES string of the molecule is CCOC(C)(C)C(=O)Nc1ccc(OCCOC)nc1. The van der Waals surface area contributed by atoms with Crippen LogP contribution in [0.1, 0.15) is 20.8 Å². The van der Waals surface area contributed by atoms with Gasteiger partial charge in [0, 0.05) is 19.8 Å². The van der Waals surface area contributed by atoms with E-state index in [0.717, 1.165) is 0 Å². The second kappa shape index (κ2) is 7.81.